The van der Waals surface area contributed by atoms with Gasteiger partial charge in [0.1, 0.15) is 5.69 Å². The van der Waals surface area contributed by atoms with E-state index in [1.807, 2.05) is 6.92 Å². The molecule has 0 atom stereocenters. The van der Waals surface area contributed by atoms with Gasteiger partial charge in [0.15, 0.2) is 0 Å². The Kier molecular flexibility index (Phi) is 2.38. The quantitative estimate of drug-likeness (QED) is 0.617. The van der Waals surface area contributed by atoms with Crippen LogP contribution in [-0.2, 0) is 4.79 Å². The lowest BCUT2D eigenvalue weighted by Crippen LogP contribution is -2.31. The number of carboxylic acid groups (broad SMARTS) is 1. The molecule has 15 heavy (non-hydrogen) atoms. The molecule has 1 aromatic heterocycles. The lowest BCUT2D eigenvalue weighted by Gasteiger charge is -2.18. The highest BCUT2D eigenvalue weighted by Crippen LogP contribution is 2.23. The molecule has 0 unspecified atom stereocenters. The fourth-order valence-electron chi connectivity index (χ4n) is 1.56. The molecule has 0 aromatic carbocycles. The first-order valence-corrected chi connectivity index (χ1v) is 4.57. The van der Waals surface area contributed by atoms with Crippen molar-refractivity contribution in [1.82, 2.24) is 25.8 Å². The van der Waals surface area contributed by atoms with E-state index >= 15 is 0 Å². The molecular formula is C8H11N5O2. The second kappa shape index (κ2) is 3.70. The molecule has 2 rings (SSSR count). The van der Waals surface area contributed by atoms with Gasteiger partial charge < -0.3 is 10.1 Å². The van der Waals surface area contributed by atoms with Gasteiger partial charge in [-0.3, -0.25) is 0 Å². The Morgan fingerprint density at radius 1 is 1.73 bits per heavy atom. The van der Waals surface area contributed by atoms with E-state index in [-0.39, 0.29) is 0 Å². The predicted octanol–water partition coefficient (Wildman–Crippen LogP) is -0.560. The maximum Gasteiger partial charge on any atom is 0.335 e. The van der Waals surface area contributed by atoms with Crippen LogP contribution in [0.25, 0.3) is 5.70 Å². The molecule has 0 amide bonds. The number of rotatable bonds is 3. The Balaban J connectivity index is 2.45. The number of nitrogens with zero attached hydrogens (tertiary/aromatic N) is 3. The van der Waals surface area contributed by atoms with Gasteiger partial charge in [-0.05, 0) is 6.92 Å². The number of aliphatic carboxylic acids is 1. The predicted molar refractivity (Wildman–Crippen MR) is 51.3 cm³/mol. The summed E-state index contributed by atoms with van der Waals surface area (Å²) < 4.78 is 0. The van der Waals surface area contributed by atoms with Crippen LogP contribution < -0.4 is 5.43 Å². The number of hydrogen-bond acceptors (Lipinski definition) is 5. The molecule has 7 nitrogen and oxygen atoms in total. The molecule has 3 N–H and O–H groups in total. The molecule has 1 aromatic rings. The van der Waals surface area contributed by atoms with E-state index in [0.717, 1.165) is 0 Å². The van der Waals surface area contributed by atoms with Crippen LogP contribution in [-0.4, -0.2) is 44.6 Å². The van der Waals surface area contributed by atoms with E-state index in [9.17, 15) is 4.79 Å². The number of carbonyl (C=O) groups is 1. The van der Waals surface area contributed by atoms with Gasteiger partial charge in [-0.1, -0.05) is 0 Å². The van der Waals surface area contributed by atoms with Gasteiger partial charge >= 0.3 is 5.97 Å². The van der Waals surface area contributed by atoms with Crippen LogP contribution in [0.2, 0.25) is 0 Å². The Hall–Kier alpha value is -1.89. The van der Waals surface area contributed by atoms with Gasteiger partial charge in [-0.25, -0.2) is 10.2 Å². The Morgan fingerprint density at radius 3 is 3.07 bits per heavy atom. The number of hydrogen-bond donors (Lipinski definition) is 3. The summed E-state index contributed by atoms with van der Waals surface area (Å²) in [7, 11) is 0. The number of aromatic amines is 1. The third kappa shape index (κ3) is 1.57. The van der Waals surface area contributed by atoms with Crippen LogP contribution in [0.5, 0.6) is 0 Å². The zero-order valence-electron chi connectivity index (χ0n) is 8.19. The van der Waals surface area contributed by atoms with Crippen molar-refractivity contribution in [2.45, 2.75) is 6.92 Å². The highest BCUT2D eigenvalue weighted by atomic mass is 16.4. The molecule has 1 aliphatic rings. The second-order valence-electron chi connectivity index (χ2n) is 3.07. The van der Waals surface area contributed by atoms with Crippen LogP contribution in [0.4, 0.5) is 0 Å². The van der Waals surface area contributed by atoms with Crippen molar-refractivity contribution < 1.29 is 9.90 Å². The summed E-state index contributed by atoms with van der Waals surface area (Å²) in [5, 5.41) is 20.8. The van der Waals surface area contributed by atoms with Crippen LogP contribution in [0.1, 0.15) is 12.6 Å². The standard InChI is InChI=1S/C8H11N5O2/c1-2-13-7(6-4-9-12-11-6)5(3-10-13)8(14)15/h4,10H,2-3H2,1H3,(H,14,15)(H,9,11,12). The maximum atomic E-state index is 11.0. The van der Waals surface area contributed by atoms with Gasteiger partial charge in [0.2, 0.25) is 0 Å². The second-order valence-corrected chi connectivity index (χ2v) is 3.07. The summed E-state index contributed by atoms with van der Waals surface area (Å²) in [5.41, 5.74) is 4.41. The summed E-state index contributed by atoms with van der Waals surface area (Å²) in [6, 6.07) is 0. The van der Waals surface area contributed by atoms with Gasteiger partial charge in [0.25, 0.3) is 0 Å². The van der Waals surface area contributed by atoms with Crippen LogP contribution >= 0.6 is 0 Å². The van der Waals surface area contributed by atoms with Crippen molar-refractivity contribution in [2.24, 2.45) is 0 Å². The highest BCUT2D eigenvalue weighted by Gasteiger charge is 2.28. The summed E-state index contributed by atoms with van der Waals surface area (Å²) in [6.45, 7) is 2.90. The molecule has 0 aliphatic carbocycles. The van der Waals surface area contributed by atoms with Crippen LogP contribution in [0.15, 0.2) is 11.8 Å². The molecule has 0 saturated heterocycles. The number of hydrazine groups is 1. The third-order valence-corrected chi connectivity index (χ3v) is 2.23. The van der Waals surface area contributed by atoms with Gasteiger partial charge in [-0.15, -0.1) is 0 Å². The fraction of sp³-hybridized carbons (Fsp3) is 0.375. The topological polar surface area (TPSA) is 94.1 Å². The first-order valence-electron chi connectivity index (χ1n) is 4.57. The van der Waals surface area contributed by atoms with Crippen molar-refractivity contribution in [3.8, 4) is 0 Å². The number of nitrogens with one attached hydrogen (secondary N) is 2. The SMILES string of the molecule is CCN1NCC(C(=O)O)=C1c1cn[nH]n1. The highest BCUT2D eigenvalue weighted by molar-refractivity contribution is 5.96. The molecular weight excluding hydrogens is 198 g/mol. The van der Waals surface area contributed by atoms with Crippen molar-refractivity contribution >= 4 is 11.7 Å². The minimum atomic E-state index is -0.934. The fourth-order valence-corrected chi connectivity index (χ4v) is 1.56. The minimum Gasteiger partial charge on any atom is -0.478 e. The van der Waals surface area contributed by atoms with Crippen LogP contribution in [0.3, 0.4) is 0 Å². The smallest absolute Gasteiger partial charge is 0.335 e. The van der Waals surface area contributed by atoms with E-state index in [1.165, 1.54) is 6.20 Å². The number of H-pyrrole nitrogens is 1. The molecule has 0 saturated carbocycles. The maximum absolute atomic E-state index is 11.0. The van der Waals surface area contributed by atoms with Crippen molar-refractivity contribution in [3.63, 3.8) is 0 Å². The van der Waals surface area contributed by atoms with Gasteiger partial charge in [-0.2, -0.15) is 15.4 Å². The van der Waals surface area contributed by atoms with E-state index in [0.29, 0.717) is 30.1 Å². The Labute approximate surface area is 85.7 Å². The average molecular weight is 209 g/mol. The number of carboxylic acids is 1. The first-order chi connectivity index (χ1) is 7.24. The third-order valence-electron chi connectivity index (χ3n) is 2.23. The van der Waals surface area contributed by atoms with E-state index in [2.05, 4.69) is 20.8 Å². The largest absolute Gasteiger partial charge is 0.478 e. The summed E-state index contributed by atoms with van der Waals surface area (Å²) in [6.07, 6.45) is 1.51. The normalized spacial score (nSPS) is 16.2. The Morgan fingerprint density at radius 2 is 2.53 bits per heavy atom. The monoisotopic (exact) mass is 209 g/mol. The molecule has 0 spiro atoms. The average Bonchev–Trinajstić information content (AvgIpc) is 2.85. The lowest BCUT2D eigenvalue weighted by molar-refractivity contribution is -0.132. The first kappa shape index (κ1) is 9.66. The van der Waals surface area contributed by atoms with Crippen molar-refractivity contribution in [3.05, 3.63) is 17.5 Å². The minimum absolute atomic E-state index is 0.311. The van der Waals surface area contributed by atoms with Crippen LogP contribution in [0, 0.1) is 0 Å². The lowest BCUT2D eigenvalue weighted by atomic mass is 10.2. The molecule has 1 aliphatic heterocycles. The van der Waals surface area contributed by atoms with Gasteiger partial charge in [0, 0.05) is 13.1 Å². The zero-order chi connectivity index (χ0) is 10.8. The van der Waals surface area contributed by atoms with E-state index in [4.69, 9.17) is 5.11 Å². The molecule has 2 heterocycles. The van der Waals surface area contributed by atoms with Gasteiger partial charge in [0.05, 0.1) is 17.5 Å². The molecule has 0 radical (unpaired) electrons. The van der Waals surface area contributed by atoms with Crippen molar-refractivity contribution in [2.75, 3.05) is 13.1 Å². The van der Waals surface area contributed by atoms with E-state index < -0.39 is 5.97 Å². The number of aromatic nitrogens is 3. The molecule has 0 fully saturated rings. The summed E-state index contributed by atoms with van der Waals surface area (Å²) in [4.78, 5) is 11.0. The molecule has 7 heteroatoms. The molecule has 80 valence electrons. The van der Waals surface area contributed by atoms with Crippen molar-refractivity contribution in [1.29, 1.82) is 0 Å². The zero-order valence-corrected chi connectivity index (χ0v) is 8.19. The Bertz CT molecular complexity index is 397. The summed E-state index contributed by atoms with van der Waals surface area (Å²) >= 11 is 0. The molecule has 0 bridgehead atoms. The summed E-state index contributed by atoms with van der Waals surface area (Å²) in [5.74, 6) is -0.934. The van der Waals surface area contributed by atoms with E-state index in [1.54, 1.807) is 5.01 Å².